The summed E-state index contributed by atoms with van der Waals surface area (Å²) in [6.07, 6.45) is 0.120. The third kappa shape index (κ3) is 2.47. The topological polar surface area (TPSA) is 50.1 Å². The van der Waals surface area contributed by atoms with Gasteiger partial charge in [0.15, 0.2) is 17.9 Å². The van der Waals surface area contributed by atoms with Crippen molar-refractivity contribution >= 4 is 6.29 Å². The quantitative estimate of drug-likeness (QED) is 0.725. The van der Waals surface area contributed by atoms with E-state index < -0.39 is 23.7 Å². The van der Waals surface area contributed by atoms with E-state index in [-0.39, 0.29) is 11.8 Å². The Morgan fingerprint density at radius 3 is 2.60 bits per heavy atom. The fourth-order valence-electron chi connectivity index (χ4n) is 0.951. The lowest BCUT2D eigenvalue weighted by molar-refractivity contribution is -0.0522. The van der Waals surface area contributed by atoms with Gasteiger partial charge < -0.3 is 4.74 Å². The Hall–Kier alpha value is -2.03. The number of carbonyl (C=O) groups excluding carboxylic acids is 1. The molecule has 1 aromatic rings. The molecule has 0 aliphatic rings. The number of nitrogens with zero attached hydrogens (tertiary/aromatic N) is 1. The number of hydrogen-bond acceptors (Lipinski definition) is 3. The molecular weight excluding hydrogens is 211 g/mol. The Labute approximate surface area is 82.7 Å². The number of ether oxygens (including phenoxy) is 1. The second-order valence-corrected chi connectivity index (χ2v) is 2.49. The van der Waals surface area contributed by atoms with Crippen LogP contribution in [0.15, 0.2) is 12.1 Å². The van der Waals surface area contributed by atoms with Gasteiger partial charge in [0.05, 0.1) is 17.2 Å². The van der Waals surface area contributed by atoms with Crippen molar-refractivity contribution in [2.24, 2.45) is 0 Å². The van der Waals surface area contributed by atoms with Crippen LogP contribution in [-0.2, 0) is 0 Å². The molecule has 0 aliphatic heterocycles. The van der Waals surface area contributed by atoms with Gasteiger partial charge in [-0.15, -0.1) is 0 Å². The van der Waals surface area contributed by atoms with Crippen molar-refractivity contribution in [1.82, 2.24) is 0 Å². The number of halogens is 3. The third-order valence-electron chi connectivity index (χ3n) is 1.54. The van der Waals surface area contributed by atoms with Crippen LogP contribution in [0.5, 0.6) is 5.75 Å². The van der Waals surface area contributed by atoms with Crippen molar-refractivity contribution in [3.63, 3.8) is 0 Å². The summed E-state index contributed by atoms with van der Waals surface area (Å²) >= 11 is 0. The SMILES string of the molecule is N#Cc1cc(C=O)c(F)c(OC(F)F)c1. The largest absolute Gasteiger partial charge is 0.432 e. The van der Waals surface area contributed by atoms with Crippen LogP contribution >= 0.6 is 0 Å². The average molecular weight is 215 g/mol. The summed E-state index contributed by atoms with van der Waals surface area (Å²) in [5.41, 5.74) is -0.626. The van der Waals surface area contributed by atoms with E-state index >= 15 is 0 Å². The molecule has 0 radical (unpaired) electrons. The van der Waals surface area contributed by atoms with Crippen LogP contribution < -0.4 is 4.74 Å². The van der Waals surface area contributed by atoms with Gasteiger partial charge in [-0.3, -0.25) is 4.79 Å². The average Bonchev–Trinajstić information content (AvgIpc) is 2.20. The number of alkyl halides is 2. The molecule has 15 heavy (non-hydrogen) atoms. The fourth-order valence-corrected chi connectivity index (χ4v) is 0.951. The molecule has 0 atom stereocenters. The summed E-state index contributed by atoms with van der Waals surface area (Å²) in [6, 6.07) is 3.34. The minimum absolute atomic E-state index is 0.120. The lowest BCUT2D eigenvalue weighted by atomic mass is 10.1. The maximum Gasteiger partial charge on any atom is 0.387 e. The smallest absolute Gasteiger partial charge is 0.387 e. The molecule has 6 heteroatoms. The first-order valence-corrected chi connectivity index (χ1v) is 3.72. The Kier molecular flexibility index (Phi) is 3.29. The van der Waals surface area contributed by atoms with Gasteiger partial charge in [0.2, 0.25) is 0 Å². The van der Waals surface area contributed by atoms with Crippen LogP contribution in [0.2, 0.25) is 0 Å². The summed E-state index contributed by atoms with van der Waals surface area (Å²) in [5.74, 6) is -2.02. The molecule has 1 aromatic carbocycles. The Bertz CT molecular complexity index is 426. The minimum Gasteiger partial charge on any atom is -0.432 e. The maximum atomic E-state index is 13.2. The van der Waals surface area contributed by atoms with Crippen molar-refractivity contribution in [1.29, 1.82) is 5.26 Å². The predicted octanol–water partition coefficient (Wildman–Crippen LogP) is 2.11. The standard InChI is InChI=1S/C9H4F3NO2/c10-8-6(4-14)1-5(3-13)2-7(8)15-9(11)12/h1-2,4,9H. The molecule has 0 N–H and O–H groups in total. The maximum absolute atomic E-state index is 13.2. The van der Waals surface area contributed by atoms with E-state index in [1.165, 1.54) is 0 Å². The van der Waals surface area contributed by atoms with Crippen LogP contribution in [0.4, 0.5) is 13.2 Å². The van der Waals surface area contributed by atoms with Crippen molar-refractivity contribution in [2.45, 2.75) is 6.61 Å². The summed E-state index contributed by atoms with van der Waals surface area (Å²) in [5, 5.41) is 8.48. The van der Waals surface area contributed by atoms with Crippen LogP contribution in [0, 0.1) is 17.1 Å². The molecule has 0 aliphatic carbocycles. The van der Waals surface area contributed by atoms with Gasteiger partial charge in [0, 0.05) is 6.07 Å². The van der Waals surface area contributed by atoms with E-state index in [0.29, 0.717) is 0 Å². The van der Waals surface area contributed by atoms with E-state index in [1.54, 1.807) is 6.07 Å². The molecular formula is C9H4F3NO2. The highest BCUT2D eigenvalue weighted by Crippen LogP contribution is 2.23. The van der Waals surface area contributed by atoms with Gasteiger partial charge in [0.25, 0.3) is 0 Å². The second-order valence-electron chi connectivity index (χ2n) is 2.49. The van der Waals surface area contributed by atoms with Gasteiger partial charge in [0.1, 0.15) is 0 Å². The molecule has 0 saturated heterocycles. The van der Waals surface area contributed by atoms with Crippen LogP contribution in [0.3, 0.4) is 0 Å². The lowest BCUT2D eigenvalue weighted by Gasteiger charge is -2.06. The number of aldehydes is 1. The summed E-state index contributed by atoms with van der Waals surface area (Å²) < 4.78 is 40.6. The third-order valence-corrected chi connectivity index (χ3v) is 1.54. The Morgan fingerprint density at radius 1 is 1.47 bits per heavy atom. The summed E-state index contributed by atoms with van der Waals surface area (Å²) in [4.78, 5) is 10.3. The number of carbonyl (C=O) groups is 1. The highest BCUT2D eigenvalue weighted by atomic mass is 19.3. The molecule has 0 aromatic heterocycles. The Morgan fingerprint density at radius 2 is 2.13 bits per heavy atom. The fraction of sp³-hybridized carbons (Fsp3) is 0.111. The zero-order chi connectivity index (χ0) is 11.4. The number of benzene rings is 1. The van der Waals surface area contributed by atoms with Gasteiger partial charge in [-0.05, 0) is 6.07 Å². The van der Waals surface area contributed by atoms with Crippen molar-refractivity contribution in [3.05, 3.63) is 29.1 Å². The minimum atomic E-state index is -3.21. The van der Waals surface area contributed by atoms with Gasteiger partial charge in [-0.25, -0.2) is 4.39 Å². The van der Waals surface area contributed by atoms with Crippen LogP contribution in [0.25, 0.3) is 0 Å². The van der Waals surface area contributed by atoms with Gasteiger partial charge >= 0.3 is 6.61 Å². The van der Waals surface area contributed by atoms with E-state index in [9.17, 15) is 18.0 Å². The summed E-state index contributed by atoms with van der Waals surface area (Å²) in [7, 11) is 0. The highest BCUT2D eigenvalue weighted by Gasteiger charge is 2.15. The number of nitriles is 1. The molecule has 0 amide bonds. The number of hydrogen-bond donors (Lipinski definition) is 0. The van der Waals surface area contributed by atoms with Crippen LogP contribution in [0.1, 0.15) is 15.9 Å². The van der Waals surface area contributed by atoms with Crippen molar-refractivity contribution < 1.29 is 22.7 Å². The second kappa shape index (κ2) is 4.46. The first kappa shape index (κ1) is 11.0. The predicted molar refractivity (Wildman–Crippen MR) is 43.1 cm³/mol. The van der Waals surface area contributed by atoms with E-state index in [1.807, 2.05) is 0 Å². The van der Waals surface area contributed by atoms with Crippen molar-refractivity contribution in [2.75, 3.05) is 0 Å². The molecule has 0 spiro atoms. The Balaban J connectivity index is 3.25. The normalized spacial score (nSPS) is 9.80. The van der Waals surface area contributed by atoms with E-state index in [2.05, 4.69) is 4.74 Å². The van der Waals surface area contributed by atoms with E-state index in [4.69, 9.17) is 5.26 Å². The molecule has 78 valence electrons. The first-order valence-electron chi connectivity index (χ1n) is 3.72. The molecule has 0 unspecified atom stereocenters. The highest BCUT2D eigenvalue weighted by molar-refractivity contribution is 5.77. The van der Waals surface area contributed by atoms with Crippen molar-refractivity contribution in [3.8, 4) is 11.8 Å². The zero-order valence-electron chi connectivity index (χ0n) is 7.21. The van der Waals surface area contributed by atoms with Gasteiger partial charge in [-0.1, -0.05) is 0 Å². The van der Waals surface area contributed by atoms with Crippen LogP contribution in [-0.4, -0.2) is 12.9 Å². The molecule has 0 saturated carbocycles. The van der Waals surface area contributed by atoms with E-state index in [0.717, 1.165) is 12.1 Å². The molecule has 0 bridgehead atoms. The monoisotopic (exact) mass is 215 g/mol. The molecule has 0 fully saturated rings. The molecule has 1 rings (SSSR count). The lowest BCUT2D eigenvalue weighted by Crippen LogP contribution is -2.05. The molecule has 0 heterocycles. The number of rotatable bonds is 3. The zero-order valence-corrected chi connectivity index (χ0v) is 7.21. The summed E-state index contributed by atoms with van der Waals surface area (Å²) in [6.45, 7) is -3.21. The first-order chi connectivity index (χ1) is 7.08. The van der Waals surface area contributed by atoms with Gasteiger partial charge in [-0.2, -0.15) is 14.0 Å². The molecule has 3 nitrogen and oxygen atoms in total.